The van der Waals surface area contributed by atoms with Gasteiger partial charge in [0.25, 0.3) is 0 Å². The molecule has 2 nitrogen and oxygen atoms in total. The third kappa shape index (κ3) is 4.51. The van der Waals surface area contributed by atoms with Crippen LogP contribution in [-0.4, -0.2) is 6.61 Å². The number of rotatable bonds is 7. The van der Waals surface area contributed by atoms with Gasteiger partial charge in [0.15, 0.2) is 0 Å². The van der Waals surface area contributed by atoms with E-state index in [1.54, 1.807) is 0 Å². The Labute approximate surface area is 115 Å². The summed E-state index contributed by atoms with van der Waals surface area (Å²) in [7, 11) is 0. The van der Waals surface area contributed by atoms with Crippen molar-refractivity contribution in [2.24, 2.45) is 0 Å². The maximum absolute atomic E-state index is 5.77. The lowest BCUT2D eigenvalue weighted by Crippen LogP contribution is -2.00. The third-order valence-corrected chi connectivity index (χ3v) is 2.95. The molecular weight excluding hydrogens is 236 g/mol. The number of hydrogen-bond acceptors (Lipinski definition) is 2. The third-order valence-electron chi connectivity index (χ3n) is 2.95. The normalized spacial score (nSPS) is 10.6. The first kappa shape index (κ1) is 13.8. The van der Waals surface area contributed by atoms with Crippen molar-refractivity contribution in [1.29, 1.82) is 0 Å². The van der Waals surface area contributed by atoms with Crippen molar-refractivity contribution in [3.8, 4) is 0 Å². The predicted molar refractivity (Wildman–Crippen MR) is 76.7 cm³/mol. The highest BCUT2D eigenvalue weighted by Gasteiger charge is 2.02. The zero-order chi connectivity index (χ0) is 13.3. The number of hydrogen-bond donors (Lipinski definition) is 0. The largest absolute Gasteiger partial charge is 0.377 e. The van der Waals surface area contributed by atoms with Crippen LogP contribution >= 0.6 is 0 Å². The summed E-state index contributed by atoms with van der Waals surface area (Å²) in [5.74, 6) is 0. The first-order valence-corrected chi connectivity index (χ1v) is 6.66. The van der Waals surface area contributed by atoms with E-state index in [9.17, 15) is 0 Å². The van der Waals surface area contributed by atoms with Crippen molar-refractivity contribution in [1.82, 2.24) is 0 Å². The first-order valence-electron chi connectivity index (χ1n) is 6.66. The van der Waals surface area contributed by atoms with Crippen LogP contribution in [0.1, 0.15) is 23.6 Å². The van der Waals surface area contributed by atoms with Crippen LogP contribution in [0.3, 0.4) is 0 Å². The lowest BCUT2D eigenvalue weighted by molar-refractivity contribution is 0.101. The van der Waals surface area contributed by atoms with E-state index in [0.29, 0.717) is 19.8 Å². The zero-order valence-corrected chi connectivity index (χ0v) is 11.3. The molecule has 0 radical (unpaired) electrons. The van der Waals surface area contributed by atoms with Gasteiger partial charge in [-0.1, -0.05) is 54.6 Å². The van der Waals surface area contributed by atoms with E-state index in [2.05, 4.69) is 24.3 Å². The van der Waals surface area contributed by atoms with E-state index in [1.165, 1.54) is 16.7 Å². The molecule has 100 valence electrons. The van der Waals surface area contributed by atoms with Crippen molar-refractivity contribution >= 4 is 0 Å². The van der Waals surface area contributed by atoms with Gasteiger partial charge in [0.2, 0.25) is 0 Å². The monoisotopic (exact) mass is 256 g/mol. The quantitative estimate of drug-likeness (QED) is 0.747. The van der Waals surface area contributed by atoms with E-state index in [-0.39, 0.29) is 0 Å². The van der Waals surface area contributed by atoms with Gasteiger partial charge < -0.3 is 9.47 Å². The molecule has 2 heteroatoms. The second kappa shape index (κ2) is 7.72. The lowest BCUT2D eigenvalue weighted by atomic mass is 10.1. The molecule has 0 aromatic heterocycles. The summed E-state index contributed by atoms with van der Waals surface area (Å²) in [6.45, 7) is 4.66. The Kier molecular flexibility index (Phi) is 5.60. The molecule has 2 aromatic carbocycles. The Morgan fingerprint density at radius 1 is 0.684 bits per heavy atom. The average molecular weight is 256 g/mol. The van der Waals surface area contributed by atoms with Gasteiger partial charge in [0.1, 0.15) is 0 Å². The van der Waals surface area contributed by atoms with E-state index in [4.69, 9.17) is 9.47 Å². The van der Waals surface area contributed by atoms with Gasteiger partial charge in [-0.25, -0.2) is 0 Å². The summed E-state index contributed by atoms with van der Waals surface area (Å²) in [6.07, 6.45) is 0. The van der Waals surface area contributed by atoms with Crippen LogP contribution in [0.2, 0.25) is 0 Å². The molecular formula is C17H20O2. The Bertz CT molecular complexity index is 480. The molecule has 0 N–H and O–H groups in total. The van der Waals surface area contributed by atoms with Crippen LogP contribution in [0.25, 0.3) is 0 Å². The highest BCUT2D eigenvalue weighted by Crippen LogP contribution is 2.12. The van der Waals surface area contributed by atoms with E-state index < -0.39 is 0 Å². The molecule has 0 saturated heterocycles. The minimum Gasteiger partial charge on any atom is -0.377 e. The fourth-order valence-electron chi connectivity index (χ4n) is 1.90. The van der Waals surface area contributed by atoms with Crippen LogP contribution in [0.5, 0.6) is 0 Å². The van der Waals surface area contributed by atoms with Crippen molar-refractivity contribution in [3.05, 3.63) is 71.3 Å². The SMILES string of the molecule is CCOCc1ccccc1COCc1ccccc1. The molecule has 0 fully saturated rings. The highest BCUT2D eigenvalue weighted by atomic mass is 16.5. The zero-order valence-electron chi connectivity index (χ0n) is 11.3. The van der Waals surface area contributed by atoms with Gasteiger partial charge in [0, 0.05) is 6.61 Å². The molecule has 0 heterocycles. The molecule has 0 atom stereocenters. The summed E-state index contributed by atoms with van der Waals surface area (Å²) in [5, 5.41) is 0. The van der Waals surface area contributed by atoms with Crippen molar-refractivity contribution in [2.75, 3.05) is 6.61 Å². The molecule has 19 heavy (non-hydrogen) atoms. The topological polar surface area (TPSA) is 18.5 Å². The molecule has 0 aliphatic carbocycles. The Morgan fingerprint density at radius 3 is 1.89 bits per heavy atom. The Balaban J connectivity index is 1.88. The van der Waals surface area contributed by atoms with Gasteiger partial charge >= 0.3 is 0 Å². The summed E-state index contributed by atoms with van der Waals surface area (Å²) in [5.41, 5.74) is 3.61. The lowest BCUT2D eigenvalue weighted by Gasteiger charge is -2.10. The molecule has 2 aromatic rings. The molecule has 0 amide bonds. The van der Waals surface area contributed by atoms with Gasteiger partial charge in [-0.3, -0.25) is 0 Å². The first-order chi connectivity index (χ1) is 9.40. The summed E-state index contributed by atoms with van der Waals surface area (Å²) in [6, 6.07) is 18.5. The molecule has 0 spiro atoms. The van der Waals surface area contributed by atoms with Crippen LogP contribution in [0.4, 0.5) is 0 Å². The van der Waals surface area contributed by atoms with Gasteiger partial charge in [0.05, 0.1) is 19.8 Å². The standard InChI is InChI=1S/C17H20O2/c1-2-18-13-16-10-6-7-11-17(16)14-19-12-15-8-4-3-5-9-15/h3-11H,2,12-14H2,1H3. The average Bonchev–Trinajstić information content (AvgIpc) is 2.47. The van der Waals surface area contributed by atoms with Gasteiger partial charge in [-0.05, 0) is 23.6 Å². The van der Waals surface area contributed by atoms with Crippen molar-refractivity contribution < 1.29 is 9.47 Å². The van der Waals surface area contributed by atoms with E-state index >= 15 is 0 Å². The van der Waals surface area contributed by atoms with E-state index in [1.807, 2.05) is 37.3 Å². The molecule has 0 aliphatic heterocycles. The number of benzene rings is 2. The minimum absolute atomic E-state index is 0.623. The fraction of sp³-hybridized carbons (Fsp3) is 0.294. The maximum atomic E-state index is 5.77. The minimum atomic E-state index is 0.623. The van der Waals surface area contributed by atoms with Crippen LogP contribution in [0.15, 0.2) is 54.6 Å². The van der Waals surface area contributed by atoms with Crippen LogP contribution in [0, 0.1) is 0 Å². The molecule has 0 aliphatic rings. The van der Waals surface area contributed by atoms with E-state index in [0.717, 1.165) is 6.61 Å². The fourth-order valence-corrected chi connectivity index (χ4v) is 1.90. The van der Waals surface area contributed by atoms with Gasteiger partial charge in [-0.2, -0.15) is 0 Å². The van der Waals surface area contributed by atoms with Crippen molar-refractivity contribution in [3.63, 3.8) is 0 Å². The van der Waals surface area contributed by atoms with Crippen molar-refractivity contribution in [2.45, 2.75) is 26.7 Å². The summed E-state index contributed by atoms with van der Waals surface area (Å²) in [4.78, 5) is 0. The second-order valence-corrected chi connectivity index (χ2v) is 4.38. The molecule has 0 bridgehead atoms. The molecule has 2 rings (SSSR count). The molecule has 0 saturated carbocycles. The van der Waals surface area contributed by atoms with Gasteiger partial charge in [-0.15, -0.1) is 0 Å². The maximum Gasteiger partial charge on any atom is 0.0724 e. The Hall–Kier alpha value is -1.64. The summed E-state index contributed by atoms with van der Waals surface area (Å²) < 4.78 is 11.2. The smallest absolute Gasteiger partial charge is 0.0724 e. The van der Waals surface area contributed by atoms with Crippen LogP contribution in [-0.2, 0) is 29.3 Å². The predicted octanol–water partition coefficient (Wildman–Crippen LogP) is 3.94. The summed E-state index contributed by atoms with van der Waals surface area (Å²) >= 11 is 0. The van der Waals surface area contributed by atoms with Crippen LogP contribution < -0.4 is 0 Å². The highest BCUT2D eigenvalue weighted by molar-refractivity contribution is 5.25. The second-order valence-electron chi connectivity index (χ2n) is 4.38. The molecule has 0 unspecified atom stereocenters. The Morgan fingerprint density at radius 2 is 1.26 bits per heavy atom. The number of ether oxygens (including phenoxy) is 2.